The van der Waals surface area contributed by atoms with Crippen molar-refractivity contribution in [2.75, 3.05) is 0 Å². The number of H-pyrrole nitrogens is 1. The molecule has 0 aliphatic carbocycles. The van der Waals surface area contributed by atoms with Gasteiger partial charge in [0, 0.05) is 0 Å². The fourth-order valence-corrected chi connectivity index (χ4v) is 2.69. The van der Waals surface area contributed by atoms with E-state index in [1.165, 1.54) is 18.2 Å². The van der Waals surface area contributed by atoms with Gasteiger partial charge in [-0.25, -0.2) is 4.98 Å². The molecule has 24 heavy (non-hydrogen) atoms. The van der Waals surface area contributed by atoms with Crippen molar-refractivity contribution in [1.29, 1.82) is 0 Å². The minimum Gasteiger partial charge on any atom is -0.405 e. The molecular weight excluding hydrogens is 389 g/mol. The number of para-hydroxylation sites is 2. The lowest BCUT2D eigenvalue weighted by Crippen LogP contribution is -2.17. The van der Waals surface area contributed by atoms with Crippen molar-refractivity contribution in [1.82, 2.24) is 9.97 Å². The molecule has 3 aromatic rings. The number of halogens is 4. The second-order valence-corrected chi connectivity index (χ2v) is 5.86. The summed E-state index contributed by atoms with van der Waals surface area (Å²) in [4.78, 5) is 7.52. The maximum Gasteiger partial charge on any atom is 0.573 e. The summed E-state index contributed by atoms with van der Waals surface area (Å²) in [5, 5.41) is 0. The highest BCUT2D eigenvalue weighted by Crippen LogP contribution is 2.31. The van der Waals surface area contributed by atoms with Gasteiger partial charge in [-0.2, -0.15) is 0 Å². The molecule has 0 atom stereocenters. The van der Waals surface area contributed by atoms with Gasteiger partial charge >= 0.3 is 6.36 Å². The second-order valence-electron chi connectivity index (χ2n) is 5.01. The van der Waals surface area contributed by atoms with Crippen LogP contribution in [0.4, 0.5) is 13.2 Å². The number of imidazole rings is 1. The predicted octanol–water partition coefficient (Wildman–Crippen LogP) is 4.94. The number of hydrogen-bond acceptors (Lipinski definition) is 3. The smallest absolute Gasteiger partial charge is 0.405 e. The van der Waals surface area contributed by atoms with Gasteiger partial charge in [-0.1, -0.05) is 18.2 Å². The average Bonchev–Trinajstić information content (AvgIpc) is 2.91. The summed E-state index contributed by atoms with van der Waals surface area (Å²) in [5.41, 5.74) is 2.49. The van der Waals surface area contributed by atoms with Gasteiger partial charge in [-0.3, -0.25) is 0 Å². The van der Waals surface area contributed by atoms with Crippen molar-refractivity contribution in [3.8, 4) is 5.75 Å². The first-order valence-corrected chi connectivity index (χ1v) is 7.75. The largest absolute Gasteiger partial charge is 0.573 e. The highest BCUT2D eigenvalue weighted by atomic mass is 79.9. The zero-order valence-electron chi connectivity index (χ0n) is 12.2. The summed E-state index contributed by atoms with van der Waals surface area (Å²) in [5.74, 6) is 0.399. The van der Waals surface area contributed by atoms with E-state index < -0.39 is 6.36 Å². The lowest BCUT2D eigenvalue weighted by atomic mass is 10.2. The van der Waals surface area contributed by atoms with Gasteiger partial charge < -0.3 is 14.5 Å². The molecule has 2 aromatic carbocycles. The van der Waals surface area contributed by atoms with Crippen LogP contribution in [-0.4, -0.2) is 16.3 Å². The third-order valence-electron chi connectivity index (χ3n) is 3.17. The Kier molecular flexibility index (Phi) is 4.77. The van der Waals surface area contributed by atoms with E-state index in [1.807, 2.05) is 24.3 Å². The minimum atomic E-state index is -4.72. The Morgan fingerprint density at radius 3 is 2.58 bits per heavy atom. The van der Waals surface area contributed by atoms with Gasteiger partial charge in [0.15, 0.2) is 0 Å². The quantitative estimate of drug-likeness (QED) is 0.659. The van der Waals surface area contributed by atoms with Crippen LogP contribution in [0.2, 0.25) is 0 Å². The molecule has 126 valence electrons. The van der Waals surface area contributed by atoms with Crippen molar-refractivity contribution in [2.45, 2.75) is 19.6 Å². The van der Waals surface area contributed by atoms with Gasteiger partial charge in [-0.05, 0) is 45.8 Å². The summed E-state index contributed by atoms with van der Waals surface area (Å²) in [6.45, 7) is 0.509. The highest BCUT2D eigenvalue weighted by Gasteiger charge is 2.31. The van der Waals surface area contributed by atoms with Gasteiger partial charge in [-0.15, -0.1) is 13.2 Å². The molecule has 0 saturated heterocycles. The Bertz CT molecular complexity index is 816. The number of nitrogens with one attached hydrogen (secondary N) is 1. The maximum absolute atomic E-state index is 12.2. The molecule has 1 heterocycles. The molecule has 0 fully saturated rings. The normalized spacial score (nSPS) is 11.8. The third-order valence-corrected chi connectivity index (χ3v) is 3.79. The van der Waals surface area contributed by atoms with E-state index in [0.717, 1.165) is 11.0 Å². The lowest BCUT2D eigenvalue weighted by Gasteiger charge is -2.11. The van der Waals surface area contributed by atoms with E-state index in [0.29, 0.717) is 11.4 Å². The van der Waals surface area contributed by atoms with Gasteiger partial charge in [0.05, 0.1) is 22.1 Å². The number of benzene rings is 2. The lowest BCUT2D eigenvalue weighted by molar-refractivity contribution is -0.274. The molecule has 4 nitrogen and oxygen atoms in total. The number of alkyl halides is 3. The summed E-state index contributed by atoms with van der Waals surface area (Å²) >= 11 is 3.06. The van der Waals surface area contributed by atoms with Crippen LogP contribution in [0.3, 0.4) is 0 Å². The second kappa shape index (κ2) is 6.82. The number of aromatic amines is 1. The van der Waals surface area contributed by atoms with E-state index in [2.05, 4.69) is 30.6 Å². The van der Waals surface area contributed by atoms with Crippen molar-refractivity contribution in [2.24, 2.45) is 0 Å². The Labute approximate surface area is 143 Å². The Balaban J connectivity index is 1.59. The van der Waals surface area contributed by atoms with Crippen LogP contribution < -0.4 is 4.74 Å². The number of nitrogens with zero attached hydrogens (tertiary/aromatic N) is 1. The van der Waals surface area contributed by atoms with Crippen molar-refractivity contribution < 1.29 is 22.6 Å². The molecule has 0 saturated carbocycles. The number of fused-ring (bicyclic) bond motifs is 1. The molecule has 0 aliphatic heterocycles. The van der Waals surface area contributed by atoms with Crippen LogP contribution in [-0.2, 0) is 18.0 Å². The molecule has 0 unspecified atom stereocenters. The van der Waals surface area contributed by atoms with Crippen molar-refractivity contribution in [3.05, 3.63) is 58.3 Å². The molecular formula is C16H12BrF3N2O2. The molecule has 3 rings (SSSR count). The maximum atomic E-state index is 12.2. The molecule has 0 bridgehead atoms. The van der Waals surface area contributed by atoms with Crippen LogP contribution in [0.1, 0.15) is 11.4 Å². The van der Waals surface area contributed by atoms with Crippen molar-refractivity contribution >= 4 is 27.0 Å². The molecule has 8 heteroatoms. The monoisotopic (exact) mass is 400 g/mol. The fourth-order valence-electron chi connectivity index (χ4n) is 2.18. The molecule has 1 N–H and O–H groups in total. The first-order chi connectivity index (χ1) is 11.4. The first kappa shape index (κ1) is 16.8. The zero-order chi connectivity index (χ0) is 17.2. The van der Waals surface area contributed by atoms with Crippen LogP contribution >= 0.6 is 15.9 Å². The summed E-state index contributed by atoms with van der Waals surface area (Å²) < 4.78 is 46.3. The fraction of sp³-hybridized carbons (Fsp3) is 0.188. The minimum absolute atomic E-state index is 0.213. The van der Waals surface area contributed by atoms with Crippen LogP contribution in [0.25, 0.3) is 11.0 Å². The molecule has 0 amide bonds. The van der Waals surface area contributed by atoms with E-state index in [4.69, 9.17) is 4.74 Å². The Hall–Kier alpha value is -2.06. The predicted molar refractivity (Wildman–Crippen MR) is 85.4 cm³/mol. The highest BCUT2D eigenvalue weighted by molar-refractivity contribution is 9.10. The van der Waals surface area contributed by atoms with Gasteiger partial charge in [0.1, 0.15) is 18.2 Å². The van der Waals surface area contributed by atoms with E-state index in [-0.39, 0.29) is 23.4 Å². The Morgan fingerprint density at radius 1 is 1.08 bits per heavy atom. The summed E-state index contributed by atoms with van der Waals surface area (Å²) in [6.07, 6.45) is -4.72. The number of hydrogen-bond donors (Lipinski definition) is 1. The number of rotatable bonds is 5. The molecule has 0 spiro atoms. The van der Waals surface area contributed by atoms with E-state index in [9.17, 15) is 13.2 Å². The van der Waals surface area contributed by atoms with Gasteiger partial charge in [0.2, 0.25) is 0 Å². The molecule has 0 radical (unpaired) electrons. The van der Waals surface area contributed by atoms with Gasteiger partial charge in [0.25, 0.3) is 0 Å². The molecule has 1 aromatic heterocycles. The van der Waals surface area contributed by atoms with E-state index >= 15 is 0 Å². The van der Waals surface area contributed by atoms with Crippen LogP contribution in [0.15, 0.2) is 46.9 Å². The van der Waals surface area contributed by atoms with Crippen LogP contribution in [0.5, 0.6) is 5.75 Å². The van der Waals surface area contributed by atoms with E-state index in [1.54, 1.807) is 0 Å². The SMILES string of the molecule is FC(F)(F)Oc1ccc(COCc2nc3ccccc3[nH]2)cc1Br. The summed E-state index contributed by atoms with van der Waals surface area (Å²) in [6, 6.07) is 11.9. The third kappa shape index (κ3) is 4.27. The zero-order valence-corrected chi connectivity index (χ0v) is 13.8. The summed E-state index contributed by atoms with van der Waals surface area (Å²) in [7, 11) is 0. The number of aromatic nitrogens is 2. The average molecular weight is 401 g/mol. The number of ether oxygens (including phenoxy) is 2. The van der Waals surface area contributed by atoms with Crippen LogP contribution in [0, 0.1) is 0 Å². The standard InChI is InChI=1S/C16H12BrF3N2O2/c17-11-7-10(5-6-14(11)24-16(18,19)20)8-23-9-15-21-12-3-1-2-4-13(12)22-15/h1-7H,8-9H2,(H,21,22). The molecule has 0 aliphatic rings. The Morgan fingerprint density at radius 2 is 1.88 bits per heavy atom. The first-order valence-electron chi connectivity index (χ1n) is 6.96. The van der Waals surface area contributed by atoms with Crippen molar-refractivity contribution in [3.63, 3.8) is 0 Å². The topological polar surface area (TPSA) is 47.1 Å².